The van der Waals surface area contributed by atoms with Gasteiger partial charge in [0.15, 0.2) is 0 Å². The Bertz CT molecular complexity index is 455. The average molecular weight is 246 g/mol. The summed E-state index contributed by atoms with van der Waals surface area (Å²) >= 11 is 0. The number of carboxylic acid groups (broad SMARTS) is 1. The number of fused-ring (bicyclic) bond motifs is 1. The fourth-order valence-corrected chi connectivity index (χ4v) is 2.91. The zero-order valence-corrected chi connectivity index (χ0v) is 10.3. The number of rotatable bonds is 2. The Kier molecular flexibility index (Phi) is 2.96. The lowest BCUT2D eigenvalue weighted by Crippen LogP contribution is -2.62. The topological polar surface area (TPSA) is 52.6 Å². The van der Waals surface area contributed by atoms with E-state index in [1.165, 1.54) is 16.0 Å². The maximum atomic E-state index is 10.7. The minimum absolute atomic E-state index is 0.344. The van der Waals surface area contributed by atoms with Gasteiger partial charge in [-0.25, -0.2) is 4.79 Å². The quantitative estimate of drug-likeness (QED) is 0.831. The minimum atomic E-state index is -0.804. The van der Waals surface area contributed by atoms with Crippen LogP contribution in [0.2, 0.25) is 0 Å². The largest absolute Gasteiger partial charge is 0.465 e. The second-order valence-electron chi connectivity index (χ2n) is 5.26. The van der Waals surface area contributed by atoms with E-state index >= 15 is 0 Å². The van der Waals surface area contributed by atoms with Crippen molar-refractivity contribution >= 4 is 6.09 Å². The van der Waals surface area contributed by atoms with Gasteiger partial charge in [0, 0.05) is 25.2 Å². The molecule has 1 unspecified atom stereocenters. The van der Waals surface area contributed by atoms with Gasteiger partial charge in [0.25, 0.3) is 0 Å². The van der Waals surface area contributed by atoms with Crippen LogP contribution in [-0.4, -0.2) is 41.3 Å². The molecule has 1 aromatic carbocycles. The Morgan fingerprint density at radius 1 is 1.22 bits per heavy atom. The molecule has 0 aromatic heterocycles. The molecular formula is C14H18N2O2. The van der Waals surface area contributed by atoms with Crippen molar-refractivity contribution in [2.24, 2.45) is 0 Å². The third-order valence-corrected chi connectivity index (χ3v) is 3.97. The van der Waals surface area contributed by atoms with Crippen molar-refractivity contribution in [2.75, 3.05) is 13.1 Å². The Morgan fingerprint density at radius 2 is 1.94 bits per heavy atom. The molecule has 1 fully saturated rings. The van der Waals surface area contributed by atoms with Gasteiger partial charge < -0.3 is 15.3 Å². The lowest BCUT2D eigenvalue weighted by atomic mass is 9.87. The monoisotopic (exact) mass is 246 g/mol. The molecule has 1 amide bonds. The van der Waals surface area contributed by atoms with E-state index in [9.17, 15) is 4.79 Å². The number of benzene rings is 1. The third-order valence-electron chi connectivity index (χ3n) is 3.97. The number of carbonyl (C=O) groups is 1. The van der Waals surface area contributed by atoms with Crippen LogP contribution in [0.15, 0.2) is 24.3 Å². The van der Waals surface area contributed by atoms with Gasteiger partial charge in [-0.05, 0) is 30.4 Å². The molecule has 1 aliphatic heterocycles. The van der Waals surface area contributed by atoms with Gasteiger partial charge in [-0.1, -0.05) is 24.3 Å². The molecule has 0 saturated carbocycles. The summed E-state index contributed by atoms with van der Waals surface area (Å²) in [6.45, 7) is 1.26. The predicted octanol–water partition coefficient (Wildman–Crippen LogP) is 1.50. The first-order valence-electron chi connectivity index (χ1n) is 6.53. The summed E-state index contributed by atoms with van der Waals surface area (Å²) in [6.07, 6.45) is 2.55. The molecule has 96 valence electrons. The average Bonchev–Trinajstić information content (AvgIpc) is 2.32. The van der Waals surface area contributed by atoms with E-state index in [1.54, 1.807) is 0 Å². The summed E-state index contributed by atoms with van der Waals surface area (Å²) in [4.78, 5) is 12.1. The third kappa shape index (κ3) is 2.20. The van der Waals surface area contributed by atoms with E-state index in [4.69, 9.17) is 5.11 Å². The number of aryl methyl sites for hydroxylation is 1. The first-order chi connectivity index (χ1) is 8.72. The maximum Gasteiger partial charge on any atom is 0.407 e. The molecular weight excluding hydrogens is 228 g/mol. The number of hydrogen-bond donors (Lipinski definition) is 2. The van der Waals surface area contributed by atoms with Crippen molar-refractivity contribution in [3.8, 4) is 0 Å². The summed E-state index contributed by atoms with van der Waals surface area (Å²) in [7, 11) is 0. The van der Waals surface area contributed by atoms with Crippen molar-refractivity contribution in [3.63, 3.8) is 0 Å². The van der Waals surface area contributed by atoms with Crippen LogP contribution in [0, 0.1) is 0 Å². The van der Waals surface area contributed by atoms with Crippen molar-refractivity contribution < 1.29 is 9.90 Å². The van der Waals surface area contributed by atoms with Gasteiger partial charge in [-0.15, -0.1) is 0 Å². The van der Waals surface area contributed by atoms with E-state index in [1.807, 2.05) is 0 Å². The fraction of sp³-hybridized carbons (Fsp3) is 0.500. The van der Waals surface area contributed by atoms with Crippen molar-refractivity contribution in [2.45, 2.75) is 31.3 Å². The van der Waals surface area contributed by atoms with Crippen molar-refractivity contribution in [1.29, 1.82) is 0 Å². The molecule has 0 spiro atoms. The molecule has 1 heterocycles. The van der Waals surface area contributed by atoms with Crippen LogP contribution in [0.3, 0.4) is 0 Å². The Labute approximate surface area is 107 Å². The number of amides is 1. The van der Waals surface area contributed by atoms with Crippen LogP contribution in [0.4, 0.5) is 4.79 Å². The second-order valence-corrected chi connectivity index (χ2v) is 5.26. The predicted molar refractivity (Wildman–Crippen MR) is 68.8 cm³/mol. The summed E-state index contributed by atoms with van der Waals surface area (Å²) in [5, 5.41) is 12.4. The van der Waals surface area contributed by atoms with Gasteiger partial charge in [-0.2, -0.15) is 0 Å². The number of likely N-dealkylation sites (tertiary alicyclic amines) is 1. The smallest absolute Gasteiger partial charge is 0.407 e. The van der Waals surface area contributed by atoms with E-state index in [0.717, 1.165) is 19.3 Å². The minimum Gasteiger partial charge on any atom is -0.465 e. The first kappa shape index (κ1) is 11.5. The highest BCUT2D eigenvalue weighted by atomic mass is 16.4. The van der Waals surface area contributed by atoms with Gasteiger partial charge in [0.05, 0.1) is 0 Å². The summed E-state index contributed by atoms with van der Waals surface area (Å²) in [5.41, 5.74) is 2.91. The molecule has 1 saturated heterocycles. The standard InChI is InChI=1S/C14H18N2O2/c17-14(18)16-8-13(9-16)15-12-6-5-10-3-1-2-4-11(10)7-12/h1-4,12-13,15H,5-9H2,(H,17,18). The molecule has 2 aliphatic rings. The summed E-state index contributed by atoms with van der Waals surface area (Å²) in [5.74, 6) is 0. The number of hydrogen-bond acceptors (Lipinski definition) is 2. The fourth-order valence-electron chi connectivity index (χ4n) is 2.91. The number of nitrogens with one attached hydrogen (secondary N) is 1. The first-order valence-corrected chi connectivity index (χ1v) is 6.53. The summed E-state index contributed by atoms with van der Waals surface area (Å²) < 4.78 is 0. The lowest BCUT2D eigenvalue weighted by Gasteiger charge is -2.40. The molecule has 18 heavy (non-hydrogen) atoms. The zero-order valence-electron chi connectivity index (χ0n) is 10.3. The maximum absolute atomic E-state index is 10.7. The van der Waals surface area contributed by atoms with Crippen LogP contribution < -0.4 is 5.32 Å². The highest BCUT2D eigenvalue weighted by Crippen LogP contribution is 2.22. The van der Waals surface area contributed by atoms with Crippen LogP contribution in [-0.2, 0) is 12.8 Å². The lowest BCUT2D eigenvalue weighted by molar-refractivity contribution is 0.0910. The summed E-state index contributed by atoms with van der Waals surface area (Å²) in [6, 6.07) is 9.45. The van der Waals surface area contributed by atoms with Crippen molar-refractivity contribution in [3.05, 3.63) is 35.4 Å². The van der Waals surface area contributed by atoms with E-state index in [-0.39, 0.29) is 0 Å². The Morgan fingerprint density at radius 3 is 2.67 bits per heavy atom. The number of nitrogens with zero attached hydrogens (tertiary/aromatic N) is 1. The van der Waals surface area contributed by atoms with Crippen LogP contribution in [0.25, 0.3) is 0 Å². The van der Waals surface area contributed by atoms with Gasteiger partial charge in [0.2, 0.25) is 0 Å². The zero-order chi connectivity index (χ0) is 12.5. The highest BCUT2D eigenvalue weighted by molar-refractivity contribution is 5.66. The molecule has 0 bridgehead atoms. The van der Waals surface area contributed by atoms with Gasteiger partial charge in [0.1, 0.15) is 0 Å². The molecule has 0 radical (unpaired) electrons. The Balaban J connectivity index is 1.53. The van der Waals surface area contributed by atoms with Crippen LogP contribution >= 0.6 is 0 Å². The van der Waals surface area contributed by atoms with E-state index < -0.39 is 6.09 Å². The molecule has 1 aromatic rings. The Hall–Kier alpha value is -1.55. The van der Waals surface area contributed by atoms with Crippen LogP contribution in [0.5, 0.6) is 0 Å². The highest BCUT2D eigenvalue weighted by Gasteiger charge is 2.32. The van der Waals surface area contributed by atoms with E-state index in [2.05, 4.69) is 29.6 Å². The molecule has 3 rings (SSSR count). The second kappa shape index (κ2) is 4.61. The van der Waals surface area contributed by atoms with Gasteiger partial charge >= 0.3 is 6.09 Å². The molecule has 2 N–H and O–H groups in total. The molecule has 1 atom stereocenters. The van der Waals surface area contributed by atoms with Crippen LogP contribution in [0.1, 0.15) is 17.5 Å². The molecule has 4 nitrogen and oxygen atoms in total. The van der Waals surface area contributed by atoms with Crippen molar-refractivity contribution in [1.82, 2.24) is 10.2 Å². The molecule has 4 heteroatoms. The SMILES string of the molecule is O=C(O)N1CC(NC2CCc3ccccc3C2)C1. The van der Waals surface area contributed by atoms with Gasteiger partial charge in [-0.3, -0.25) is 0 Å². The van der Waals surface area contributed by atoms with E-state index in [0.29, 0.717) is 25.2 Å². The molecule has 1 aliphatic carbocycles. The normalized spacial score (nSPS) is 23.3.